The molecular formula is C25H36O5Si. The molecule has 0 amide bonds. The average molecular weight is 445 g/mol. The zero-order chi connectivity index (χ0) is 22.6. The van der Waals surface area contributed by atoms with Crippen LogP contribution in [0.2, 0.25) is 19.6 Å². The summed E-state index contributed by atoms with van der Waals surface area (Å²) in [7, 11) is -1.74. The summed E-state index contributed by atoms with van der Waals surface area (Å²) in [5.41, 5.74) is 2.67. The SMILES string of the molecule is CC(=O)Oc1ccc2c(c1)CCC1C2CCC2(C)C(OC(C)=O)CC(O[Si](C)(C)C)C12. The zero-order valence-corrected chi connectivity index (χ0v) is 20.7. The van der Waals surface area contributed by atoms with Gasteiger partial charge in [-0.05, 0) is 86.3 Å². The number of hydrogen-bond donors (Lipinski definition) is 0. The van der Waals surface area contributed by atoms with Crippen LogP contribution in [0.5, 0.6) is 5.75 Å². The van der Waals surface area contributed by atoms with Crippen molar-refractivity contribution in [1.82, 2.24) is 0 Å². The van der Waals surface area contributed by atoms with Crippen LogP contribution in [-0.4, -0.2) is 32.5 Å². The molecule has 1 aromatic carbocycles. The van der Waals surface area contributed by atoms with Crippen LogP contribution < -0.4 is 4.74 Å². The fraction of sp³-hybridized carbons (Fsp3) is 0.680. The number of ether oxygens (including phenoxy) is 2. The van der Waals surface area contributed by atoms with Gasteiger partial charge in [-0.1, -0.05) is 13.0 Å². The predicted molar refractivity (Wildman–Crippen MR) is 122 cm³/mol. The molecule has 0 N–H and O–H groups in total. The summed E-state index contributed by atoms with van der Waals surface area (Å²) in [6.45, 7) is 12.0. The van der Waals surface area contributed by atoms with Crippen molar-refractivity contribution in [3.05, 3.63) is 29.3 Å². The summed E-state index contributed by atoms with van der Waals surface area (Å²) < 4.78 is 17.9. The number of rotatable bonds is 4. The fourth-order valence-electron chi connectivity index (χ4n) is 6.73. The molecule has 170 valence electrons. The summed E-state index contributed by atoms with van der Waals surface area (Å²) in [6.07, 6.45) is 5.10. The van der Waals surface area contributed by atoms with E-state index >= 15 is 0 Å². The summed E-state index contributed by atoms with van der Waals surface area (Å²) in [5.74, 6) is 1.57. The molecule has 0 radical (unpaired) electrons. The lowest BCUT2D eigenvalue weighted by molar-refractivity contribution is -0.154. The van der Waals surface area contributed by atoms with E-state index in [0.717, 1.165) is 32.1 Å². The topological polar surface area (TPSA) is 61.8 Å². The normalized spacial score (nSPS) is 34.3. The highest BCUT2D eigenvalue weighted by Gasteiger charge is 2.61. The largest absolute Gasteiger partial charge is 0.462 e. The first-order chi connectivity index (χ1) is 14.5. The minimum Gasteiger partial charge on any atom is -0.462 e. The second-order valence-electron chi connectivity index (χ2n) is 10.9. The van der Waals surface area contributed by atoms with Crippen molar-refractivity contribution >= 4 is 20.3 Å². The molecule has 6 heteroatoms. The third-order valence-electron chi connectivity index (χ3n) is 7.65. The van der Waals surface area contributed by atoms with Crippen LogP contribution in [-0.2, 0) is 25.2 Å². The molecule has 0 bridgehead atoms. The Balaban J connectivity index is 1.66. The van der Waals surface area contributed by atoms with E-state index in [0.29, 0.717) is 23.5 Å². The molecule has 2 saturated carbocycles. The molecule has 0 aliphatic heterocycles. The van der Waals surface area contributed by atoms with Crippen LogP contribution >= 0.6 is 0 Å². The molecule has 0 aromatic heterocycles. The maximum atomic E-state index is 11.9. The number of esters is 2. The molecule has 3 aliphatic rings. The summed E-state index contributed by atoms with van der Waals surface area (Å²) in [5, 5.41) is 0. The molecule has 4 rings (SSSR count). The molecule has 6 unspecified atom stereocenters. The molecule has 0 spiro atoms. The van der Waals surface area contributed by atoms with Gasteiger partial charge in [0.1, 0.15) is 11.9 Å². The van der Waals surface area contributed by atoms with Crippen molar-refractivity contribution in [3.63, 3.8) is 0 Å². The van der Waals surface area contributed by atoms with E-state index in [1.165, 1.54) is 25.0 Å². The lowest BCUT2D eigenvalue weighted by atomic mass is 9.55. The van der Waals surface area contributed by atoms with Crippen molar-refractivity contribution in [2.45, 2.75) is 90.6 Å². The van der Waals surface area contributed by atoms with Gasteiger partial charge in [0, 0.05) is 25.7 Å². The van der Waals surface area contributed by atoms with E-state index in [4.69, 9.17) is 13.9 Å². The van der Waals surface area contributed by atoms with Gasteiger partial charge in [0.05, 0.1) is 6.10 Å². The molecule has 1 aromatic rings. The number of hydrogen-bond acceptors (Lipinski definition) is 5. The predicted octanol–water partition coefficient (Wildman–Crippen LogP) is 5.23. The first-order valence-electron chi connectivity index (χ1n) is 11.6. The molecular weight excluding hydrogens is 408 g/mol. The Hall–Kier alpha value is -1.66. The van der Waals surface area contributed by atoms with Gasteiger partial charge in [0.15, 0.2) is 8.32 Å². The van der Waals surface area contributed by atoms with E-state index in [9.17, 15) is 9.59 Å². The Kier molecular flexibility index (Phi) is 5.84. The van der Waals surface area contributed by atoms with E-state index < -0.39 is 8.32 Å². The quantitative estimate of drug-likeness (QED) is 0.361. The van der Waals surface area contributed by atoms with Gasteiger partial charge in [0.25, 0.3) is 0 Å². The second kappa shape index (κ2) is 8.04. The van der Waals surface area contributed by atoms with Gasteiger partial charge < -0.3 is 13.9 Å². The summed E-state index contributed by atoms with van der Waals surface area (Å²) in [6, 6.07) is 6.15. The average Bonchev–Trinajstić information content (AvgIpc) is 2.90. The number of carbonyl (C=O) groups excluding carboxylic acids is 2. The fourth-order valence-corrected chi connectivity index (χ4v) is 7.88. The van der Waals surface area contributed by atoms with Gasteiger partial charge in [0.2, 0.25) is 0 Å². The molecule has 0 heterocycles. The van der Waals surface area contributed by atoms with Gasteiger partial charge >= 0.3 is 11.9 Å². The maximum absolute atomic E-state index is 11.9. The molecule has 31 heavy (non-hydrogen) atoms. The molecule has 3 aliphatic carbocycles. The summed E-state index contributed by atoms with van der Waals surface area (Å²) in [4.78, 5) is 23.2. The number of fused-ring (bicyclic) bond motifs is 5. The molecule has 6 atom stereocenters. The highest BCUT2D eigenvalue weighted by molar-refractivity contribution is 6.69. The van der Waals surface area contributed by atoms with Gasteiger partial charge in [-0.3, -0.25) is 9.59 Å². The minimum atomic E-state index is -1.74. The maximum Gasteiger partial charge on any atom is 0.308 e. The Morgan fingerprint density at radius 2 is 1.84 bits per heavy atom. The van der Waals surface area contributed by atoms with Crippen molar-refractivity contribution in [2.24, 2.45) is 17.3 Å². The van der Waals surface area contributed by atoms with E-state index in [1.54, 1.807) is 0 Å². The monoisotopic (exact) mass is 444 g/mol. The first-order valence-corrected chi connectivity index (χ1v) is 15.0. The first kappa shape index (κ1) is 22.5. The van der Waals surface area contributed by atoms with Crippen LogP contribution in [0.15, 0.2) is 18.2 Å². The third-order valence-corrected chi connectivity index (χ3v) is 8.66. The zero-order valence-electron chi connectivity index (χ0n) is 19.7. The van der Waals surface area contributed by atoms with Crippen LogP contribution in [0.1, 0.15) is 63.5 Å². The molecule has 5 nitrogen and oxygen atoms in total. The van der Waals surface area contributed by atoms with Crippen LogP contribution in [0.3, 0.4) is 0 Å². The van der Waals surface area contributed by atoms with E-state index in [-0.39, 0.29) is 29.6 Å². The van der Waals surface area contributed by atoms with E-state index in [2.05, 4.69) is 32.6 Å². The minimum absolute atomic E-state index is 0.0354. The van der Waals surface area contributed by atoms with Crippen molar-refractivity contribution in [2.75, 3.05) is 0 Å². The number of benzene rings is 1. The van der Waals surface area contributed by atoms with Crippen molar-refractivity contribution in [1.29, 1.82) is 0 Å². The Bertz CT molecular complexity index is 875. The highest BCUT2D eigenvalue weighted by atomic mass is 28.4. The summed E-state index contributed by atoms with van der Waals surface area (Å²) >= 11 is 0. The van der Waals surface area contributed by atoms with E-state index in [1.807, 2.05) is 12.1 Å². The Labute approximate surface area is 187 Å². The smallest absolute Gasteiger partial charge is 0.308 e. The van der Waals surface area contributed by atoms with Crippen LogP contribution in [0.4, 0.5) is 0 Å². The lowest BCUT2D eigenvalue weighted by Gasteiger charge is -2.51. The molecule has 2 fully saturated rings. The number of carbonyl (C=O) groups is 2. The molecule has 0 saturated heterocycles. The van der Waals surface area contributed by atoms with Crippen LogP contribution in [0, 0.1) is 17.3 Å². The van der Waals surface area contributed by atoms with Crippen LogP contribution in [0.25, 0.3) is 0 Å². The lowest BCUT2D eigenvalue weighted by Crippen LogP contribution is -2.48. The third kappa shape index (κ3) is 4.33. The Morgan fingerprint density at radius 3 is 2.48 bits per heavy atom. The van der Waals surface area contributed by atoms with Gasteiger partial charge in [-0.2, -0.15) is 0 Å². The second-order valence-corrected chi connectivity index (χ2v) is 15.4. The number of aryl methyl sites for hydroxylation is 1. The van der Waals surface area contributed by atoms with Gasteiger partial charge in [-0.15, -0.1) is 0 Å². The van der Waals surface area contributed by atoms with Crippen molar-refractivity contribution < 1.29 is 23.5 Å². The Morgan fingerprint density at radius 1 is 1.10 bits per heavy atom. The highest BCUT2D eigenvalue weighted by Crippen LogP contribution is 2.62. The standard InChI is InChI=1S/C25H36O5Si/c1-15(26)28-18-8-10-19-17(13-18)7-9-21-20(19)11-12-25(3)23(29-16(2)27)14-22(24(21)25)30-31(4,5)6/h8,10,13,20-24H,7,9,11-12,14H2,1-6H3. The van der Waals surface area contributed by atoms with Crippen molar-refractivity contribution in [3.8, 4) is 5.75 Å². The van der Waals surface area contributed by atoms with Gasteiger partial charge in [-0.25, -0.2) is 0 Å².